The molecule has 1 aliphatic rings. The lowest BCUT2D eigenvalue weighted by Gasteiger charge is -2.33. The average molecular weight is 390 g/mol. The molecule has 1 saturated heterocycles. The fourth-order valence-corrected chi connectivity index (χ4v) is 4.69. The van der Waals surface area contributed by atoms with E-state index in [0.29, 0.717) is 24.7 Å². The first-order chi connectivity index (χ1) is 12.8. The second-order valence-corrected chi connectivity index (χ2v) is 9.79. The van der Waals surface area contributed by atoms with Crippen molar-refractivity contribution in [1.29, 1.82) is 0 Å². The molecule has 1 aliphatic heterocycles. The second-order valence-electron chi connectivity index (χ2n) is 7.31. The lowest BCUT2D eigenvalue weighted by atomic mass is 9.96. The van der Waals surface area contributed by atoms with E-state index in [0.717, 1.165) is 30.0 Å². The molecule has 0 aliphatic carbocycles. The lowest BCUT2D eigenvalue weighted by molar-refractivity contribution is 0.310. The van der Waals surface area contributed by atoms with Crippen molar-refractivity contribution in [3.05, 3.63) is 41.5 Å². The molecule has 0 aromatic carbocycles. The van der Waals surface area contributed by atoms with Crippen molar-refractivity contribution in [3.63, 3.8) is 0 Å². The first-order valence-corrected chi connectivity index (χ1v) is 10.8. The van der Waals surface area contributed by atoms with E-state index in [1.54, 1.807) is 18.2 Å². The Morgan fingerprint density at radius 2 is 1.93 bits per heavy atom. The molecule has 2 aromatic heterocycles. The van der Waals surface area contributed by atoms with Crippen molar-refractivity contribution in [2.24, 2.45) is 0 Å². The minimum absolute atomic E-state index is 0.0694. The van der Waals surface area contributed by atoms with Crippen LogP contribution in [0.3, 0.4) is 0 Å². The Morgan fingerprint density at radius 1 is 1.15 bits per heavy atom. The van der Waals surface area contributed by atoms with Gasteiger partial charge in [0.2, 0.25) is 10.0 Å². The van der Waals surface area contributed by atoms with E-state index >= 15 is 0 Å². The third-order valence-corrected chi connectivity index (χ3v) is 7.00. The second kappa shape index (κ2) is 7.90. The average Bonchev–Trinajstić information content (AvgIpc) is 2.61. The molecular weight excluding hydrogens is 362 g/mol. The Balaban J connectivity index is 1.83. The van der Waals surface area contributed by atoms with E-state index in [2.05, 4.69) is 20.3 Å². The Bertz CT molecular complexity index is 914. The fourth-order valence-electron chi connectivity index (χ4n) is 3.32. The van der Waals surface area contributed by atoms with Gasteiger partial charge in [-0.3, -0.25) is 0 Å². The van der Waals surface area contributed by atoms with Gasteiger partial charge in [0.1, 0.15) is 17.5 Å². The summed E-state index contributed by atoms with van der Waals surface area (Å²) in [6.45, 7) is 8.30. The number of rotatable bonds is 5. The number of piperidine rings is 1. The van der Waals surface area contributed by atoms with Crippen LogP contribution in [0.15, 0.2) is 24.3 Å². The van der Waals surface area contributed by atoms with Crippen LogP contribution in [0.1, 0.15) is 49.8 Å². The predicted molar refractivity (Wildman–Crippen MR) is 107 cm³/mol. The van der Waals surface area contributed by atoms with E-state index in [1.165, 1.54) is 0 Å². The van der Waals surface area contributed by atoms with E-state index < -0.39 is 15.3 Å². The third-order valence-electron chi connectivity index (χ3n) is 4.76. The largest absolute Gasteiger partial charge is 0.325 e. The van der Waals surface area contributed by atoms with E-state index in [1.807, 2.05) is 38.1 Å². The molecule has 3 rings (SSSR count). The molecule has 0 bridgehead atoms. The van der Waals surface area contributed by atoms with Crippen LogP contribution in [0, 0.1) is 13.8 Å². The highest BCUT2D eigenvalue weighted by Crippen LogP contribution is 2.29. The van der Waals surface area contributed by atoms with Gasteiger partial charge in [-0.25, -0.2) is 27.7 Å². The van der Waals surface area contributed by atoms with Gasteiger partial charge in [-0.05, 0) is 52.7 Å². The molecular formula is C19H27N5O2S. The molecule has 0 amide bonds. The molecule has 27 heavy (non-hydrogen) atoms. The molecule has 1 N–H and O–H groups in total. The first kappa shape index (κ1) is 19.7. The number of sulfonamides is 1. The Morgan fingerprint density at radius 3 is 2.63 bits per heavy atom. The van der Waals surface area contributed by atoms with Gasteiger partial charge in [0, 0.05) is 30.8 Å². The van der Waals surface area contributed by atoms with Gasteiger partial charge >= 0.3 is 0 Å². The van der Waals surface area contributed by atoms with E-state index in [4.69, 9.17) is 0 Å². The van der Waals surface area contributed by atoms with Crippen molar-refractivity contribution < 1.29 is 8.42 Å². The van der Waals surface area contributed by atoms with Crippen LogP contribution < -0.4 is 5.32 Å². The van der Waals surface area contributed by atoms with Crippen LogP contribution in [-0.4, -0.2) is 46.0 Å². The lowest BCUT2D eigenvalue weighted by Crippen LogP contribution is -2.42. The molecule has 7 nitrogen and oxygen atoms in total. The van der Waals surface area contributed by atoms with Crippen molar-refractivity contribution >= 4 is 21.7 Å². The normalized spacial score (nSPS) is 18.6. The smallest absolute Gasteiger partial charge is 0.216 e. The molecule has 0 saturated carbocycles. The van der Waals surface area contributed by atoms with Crippen molar-refractivity contribution in [2.75, 3.05) is 18.4 Å². The summed E-state index contributed by atoms with van der Waals surface area (Å²) in [5.74, 6) is 2.14. The summed E-state index contributed by atoms with van der Waals surface area (Å²) in [7, 11) is -3.25. The fraction of sp³-hybridized carbons (Fsp3) is 0.526. The van der Waals surface area contributed by atoms with Crippen molar-refractivity contribution in [3.8, 4) is 0 Å². The molecule has 1 fully saturated rings. The van der Waals surface area contributed by atoms with Crippen molar-refractivity contribution in [2.45, 2.75) is 51.7 Å². The molecule has 8 heteroatoms. The third kappa shape index (κ3) is 4.62. The van der Waals surface area contributed by atoms with E-state index in [-0.39, 0.29) is 5.92 Å². The molecule has 3 heterocycles. The van der Waals surface area contributed by atoms with Crippen LogP contribution in [-0.2, 0) is 10.0 Å². The van der Waals surface area contributed by atoms with Crippen molar-refractivity contribution in [1.82, 2.24) is 19.3 Å². The number of pyridine rings is 1. The Labute approximate surface area is 161 Å². The van der Waals surface area contributed by atoms with Gasteiger partial charge in [-0.1, -0.05) is 6.07 Å². The highest BCUT2D eigenvalue weighted by atomic mass is 32.2. The van der Waals surface area contributed by atoms with Gasteiger partial charge in [-0.2, -0.15) is 0 Å². The maximum Gasteiger partial charge on any atom is 0.216 e. The number of hydrogen-bond donors (Lipinski definition) is 1. The highest BCUT2D eigenvalue weighted by molar-refractivity contribution is 7.89. The van der Waals surface area contributed by atoms with Gasteiger partial charge in [-0.15, -0.1) is 0 Å². The number of anilines is 2. The number of aryl methyl sites for hydroxylation is 2. The SMILES string of the molecule is Cc1cccc(Nc2cc([C@H]3CCCN(S(=O)(=O)C(C)C)C3)nc(C)n2)n1. The summed E-state index contributed by atoms with van der Waals surface area (Å²) in [5.41, 5.74) is 1.80. The van der Waals surface area contributed by atoms with Gasteiger partial charge in [0.25, 0.3) is 0 Å². The predicted octanol–water partition coefficient (Wildman–Crippen LogP) is 3.15. The van der Waals surface area contributed by atoms with Crippen LogP contribution in [0.25, 0.3) is 0 Å². The summed E-state index contributed by atoms with van der Waals surface area (Å²) in [5, 5.41) is 2.82. The molecule has 146 valence electrons. The summed E-state index contributed by atoms with van der Waals surface area (Å²) in [6, 6.07) is 7.68. The monoisotopic (exact) mass is 389 g/mol. The zero-order chi connectivity index (χ0) is 19.6. The van der Waals surface area contributed by atoms with Gasteiger partial charge < -0.3 is 5.32 Å². The minimum Gasteiger partial charge on any atom is -0.325 e. The molecule has 0 unspecified atom stereocenters. The number of nitrogens with one attached hydrogen (secondary N) is 1. The number of hydrogen-bond acceptors (Lipinski definition) is 6. The summed E-state index contributed by atoms with van der Waals surface area (Å²) < 4.78 is 26.7. The Kier molecular flexibility index (Phi) is 5.76. The zero-order valence-electron chi connectivity index (χ0n) is 16.3. The summed E-state index contributed by atoms with van der Waals surface area (Å²) >= 11 is 0. The van der Waals surface area contributed by atoms with Crippen LogP contribution in [0.4, 0.5) is 11.6 Å². The quantitative estimate of drug-likeness (QED) is 0.845. The maximum atomic E-state index is 12.5. The number of nitrogens with zero attached hydrogens (tertiary/aromatic N) is 4. The molecule has 0 radical (unpaired) electrons. The maximum absolute atomic E-state index is 12.5. The summed E-state index contributed by atoms with van der Waals surface area (Å²) in [6.07, 6.45) is 1.75. The zero-order valence-corrected chi connectivity index (χ0v) is 17.1. The minimum atomic E-state index is -3.25. The van der Waals surface area contributed by atoms with E-state index in [9.17, 15) is 8.42 Å². The van der Waals surface area contributed by atoms with Gasteiger partial charge in [0.05, 0.1) is 10.9 Å². The van der Waals surface area contributed by atoms with Gasteiger partial charge in [0.15, 0.2) is 0 Å². The molecule has 0 spiro atoms. The molecule has 1 atom stereocenters. The standard InChI is InChI=1S/C19H27N5O2S/c1-13(2)27(25,26)24-10-6-8-16(12-24)17-11-19(22-15(4)21-17)23-18-9-5-7-14(3)20-18/h5,7,9,11,13,16H,6,8,10,12H2,1-4H3,(H,20,21,22,23)/t16-/m0/s1. The molecule has 2 aromatic rings. The first-order valence-electron chi connectivity index (χ1n) is 9.31. The van der Waals surface area contributed by atoms with Crippen LogP contribution in [0.5, 0.6) is 0 Å². The van der Waals surface area contributed by atoms with Crippen LogP contribution in [0.2, 0.25) is 0 Å². The summed E-state index contributed by atoms with van der Waals surface area (Å²) in [4.78, 5) is 13.5. The highest BCUT2D eigenvalue weighted by Gasteiger charge is 2.32. The van der Waals surface area contributed by atoms with Crippen LogP contribution >= 0.6 is 0 Å². The topological polar surface area (TPSA) is 88.1 Å². The number of aromatic nitrogens is 3. The Hall–Kier alpha value is -2.06.